The maximum atomic E-state index is 12.8. The van der Waals surface area contributed by atoms with Crippen molar-refractivity contribution in [2.45, 2.75) is 56.3 Å². The molecule has 13 nitrogen and oxygen atoms in total. The van der Waals surface area contributed by atoms with Crippen molar-refractivity contribution in [3.8, 4) is 0 Å². The van der Waals surface area contributed by atoms with Crippen LogP contribution in [0, 0.1) is 0 Å². The molecule has 33 heavy (non-hydrogen) atoms. The monoisotopic (exact) mass is 510 g/mol. The number of amides is 3. The van der Waals surface area contributed by atoms with Gasteiger partial charge in [-0.3, -0.25) is 24.0 Å². The summed E-state index contributed by atoms with van der Waals surface area (Å²) >= 11 is 5.24. The summed E-state index contributed by atoms with van der Waals surface area (Å²) in [7, 11) is 0. The molecule has 0 fully saturated rings. The van der Waals surface area contributed by atoms with Gasteiger partial charge in [0.2, 0.25) is 17.7 Å². The number of nitrogens with two attached hydrogens (primary N) is 1. The van der Waals surface area contributed by atoms with Crippen LogP contribution in [-0.2, 0) is 28.8 Å². The molecule has 0 aromatic rings. The van der Waals surface area contributed by atoms with E-state index in [-0.39, 0.29) is 31.4 Å². The molecule has 4 unspecified atom stereocenters. The van der Waals surface area contributed by atoms with Gasteiger partial charge in [0, 0.05) is 18.6 Å². The van der Waals surface area contributed by atoms with Crippen molar-refractivity contribution in [3.63, 3.8) is 0 Å². The second-order valence-corrected chi connectivity index (χ2v) is 8.31. The van der Waals surface area contributed by atoms with Gasteiger partial charge in [-0.15, -0.1) is 0 Å². The third-order valence-corrected chi connectivity index (χ3v) is 5.34. The average molecular weight is 511 g/mol. The molecule has 0 spiro atoms. The Morgan fingerprint density at radius 1 is 0.788 bits per heavy atom. The molecule has 4 atom stereocenters. The zero-order valence-electron chi connectivity index (χ0n) is 18.0. The van der Waals surface area contributed by atoms with Crippen LogP contribution < -0.4 is 21.7 Å². The molecule has 8 N–H and O–H groups in total. The number of hydrogen-bond donors (Lipinski definition) is 8. The molecule has 15 heteroatoms. The average Bonchev–Trinajstić information content (AvgIpc) is 2.74. The second kappa shape index (κ2) is 16.1. The molecule has 0 rings (SSSR count). The van der Waals surface area contributed by atoms with Gasteiger partial charge in [0.15, 0.2) is 0 Å². The molecule has 3 amide bonds. The number of carbonyl (C=O) groups is 6. The molecule has 0 aromatic carbocycles. The summed E-state index contributed by atoms with van der Waals surface area (Å²) in [6.07, 6.45) is 0.518. The fourth-order valence-electron chi connectivity index (χ4n) is 2.46. The summed E-state index contributed by atoms with van der Waals surface area (Å²) in [5.74, 6) is -5.95. The lowest BCUT2D eigenvalue weighted by Crippen LogP contribution is -2.57. The first-order valence-corrected chi connectivity index (χ1v) is 11.9. The Morgan fingerprint density at radius 2 is 1.24 bits per heavy atom. The highest BCUT2D eigenvalue weighted by molar-refractivity contribution is 7.98. The SMILES string of the molecule is CSCCC(NC(=O)C(CCC(=O)O)NC(=O)C(N)CCC(=O)O)C(=O)NC(CS)C(=O)O. The smallest absolute Gasteiger partial charge is 0.327 e. The van der Waals surface area contributed by atoms with Gasteiger partial charge in [0.1, 0.15) is 18.1 Å². The van der Waals surface area contributed by atoms with Crippen LogP contribution in [-0.4, -0.2) is 92.9 Å². The summed E-state index contributed by atoms with van der Waals surface area (Å²) in [6.45, 7) is 0. The van der Waals surface area contributed by atoms with E-state index in [4.69, 9.17) is 21.1 Å². The van der Waals surface area contributed by atoms with E-state index in [1.54, 1.807) is 6.26 Å². The predicted molar refractivity (Wildman–Crippen MR) is 122 cm³/mol. The van der Waals surface area contributed by atoms with Crippen molar-refractivity contribution in [2.24, 2.45) is 5.73 Å². The number of thiol groups is 1. The lowest BCUT2D eigenvalue weighted by Gasteiger charge is -2.24. The Bertz CT molecular complexity index is 723. The minimum absolute atomic E-state index is 0.134. The number of nitrogens with one attached hydrogen (secondary N) is 3. The number of aliphatic carboxylic acids is 3. The van der Waals surface area contributed by atoms with Crippen LogP contribution in [0.15, 0.2) is 0 Å². The summed E-state index contributed by atoms with van der Waals surface area (Å²) in [6, 6.07) is -5.06. The van der Waals surface area contributed by atoms with E-state index in [1.807, 2.05) is 0 Å². The molecule has 0 saturated heterocycles. The third-order valence-electron chi connectivity index (χ3n) is 4.33. The fraction of sp³-hybridized carbons (Fsp3) is 0.667. The van der Waals surface area contributed by atoms with Gasteiger partial charge < -0.3 is 37.0 Å². The summed E-state index contributed by atoms with van der Waals surface area (Å²) < 4.78 is 0. The van der Waals surface area contributed by atoms with Gasteiger partial charge in [-0.25, -0.2) is 4.79 Å². The van der Waals surface area contributed by atoms with Crippen LogP contribution in [0.2, 0.25) is 0 Å². The van der Waals surface area contributed by atoms with Gasteiger partial charge in [0.05, 0.1) is 6.04 Å². The van der Waals surface area contributed by atoms with E-state index in [0.29, 0.717) is 5.75 Å². The number of carboxylic acids is 3. The van der Waals surface area contributed by atoms with Crippen LogP contribution >= 0.6 is 24.4 Å². The zero-order valence-corrected chi connectivity index (χ0v) is 19.7. The maximum absolute atomic E-state index is 12.8. The standard InChI is InChI=1S/C18H30N4O9S2/c1-33-7-6-11(17(29)22-12(8-32)18(30)31)21-16(28)10(3-5-14(25)26)20-15(27)9(19)2-4-13(23)24/h9-12,32H,2-8,19H2,1H3,(H,20,27)(H,21,28)(H,22,29)(H,23,24)(H,25,26)(H,30,31). The maximum Gasteiger partial charge on any atom is 0.327 e. The predicted octanol–water partition coefficient (Wildman–Crippen LogP) is -1.73. The number of hydrogen-bond acceptors (Lipinski definition) is 9. The lowest BCUT2D eigenvalue weighted by molar-refractivity contribution is -0.141. The second-order valence-electron chi connectivity index (χ2n) is 6.96. The van der Waals surface area contributed by atoms with Crippen LogP contribution in [0.3, 0.4) is 0 Å². The summed E-state index contributed by atoms with van der Waals surface area (Å²) in [5, 5.41) is 33.7. The van der Waals surface area contributed by atoms with Crippen molar-refractivity contribution in [1.29, 1.82) is 0 Å². The van der Waals surface area contributed by atoms with Gasteiger partial charge >= 0.3 is 17.9 Å². The zero-order chi connectivity index (χ0) is 25.6. The topological polar surface area (TPSA) is 225 Å². The molecule has 0 aromatic heterocycles. The Morgan fingerprint density at radius 3 is 1.70 bits per heavy atom. The quantitative estimate of drug-likeness (QED) is 0.103. The lowest BCUT2D eigenvalue weighted by atomic mass is 10.1. The largest absolute Gasteiger partial charge is 0.481 e. The van der Waals surface area contributed by atoms with Crippen LogP contribution in [0.25, 0.3) is 0 Å². The fourth-order valence-corrected chi connectivity index (χ4v) is 3.18. The molecule has 188 valence electrons. The Labute approximate surface area is 200 Å². The highest BCUT2D eigenvalue weighted by Crippen LogP contribution is 2.06. The summed E-state index contributed by atoms with van der Waals surface area (Å²) in [4.78, 5) is 70.3. The van der Waals surface area contributed by atoms with Gasteiger partial charge in [-0.2, -0.15) is 24.4 Å². The summed E-state index contributed by atoms with van der Waals surface area (Å²) in [5.41, 5.74) is 5.63. The van der Waals surface area contributed by atoms with E-state index in [9.17, 15) is 28.8 Å². The molecule has 0 aliphatic carbocycles. The van der Waals surface area contributed by atoms with Gasteiger partial charge in [0.25, 0.3) is 0 Å². The Balaban J connectivity index is 5.41. The third kappa shape index (κ3) is 12.9. The number of carboxylic acid groups (broad SMARTS) is 3. The Hall–Kier alpha value is -2.52. The van der Waals surface area contributed by atoms with Crippen molar-refractivity contribution >= 4 is 60.0 Å². The van der Waals surface area contributed by atoms with E-state index in [1.165, 1.54) is 11.8 Å². The Kier molecular flexibility index (Phi) is 14.9. The van der Waals surface area contributed by atoms with E-state index in [2.05, 4.69) is 28.6 Å². The van der Waals surface area contributed by atoms with E-state index in [0.717, 1.165) is 0 Å². The molecule has 0 aliphatic rings. The molecular weight excluding hydrogens is 480 g/mol. The van der Waals surface area contributed by atoms with E-state index < -0.39 is 66.2 Å². The number of thioether (sulfide) groups is 1. The van der Waals surface area contributed by atoms with Gasteiger partial charge in [-0.1, -0.05) is 0 Å². The first-order valence-electron chi connectivity index (χ1n) is 9.85. The van der Waals surface area contributed by atoms with Crippen molar-refractivity contribution in [1.82, 2.24) is 16.0 Å². The van der Waals surface area contributed by atoms with Crippen LogP contribution in [0.1, 0.15) is 32.1 Å². The number of carbonyl (C=O) groups excluding carboxylic acids is 3. The van der Waals surface area contributed by atoms with Crippen molar-refractivity contribution in [3.05, 3.63) is 0 Å². The first-order chi connectivity index (χ1) is 15.4. The molecule has 0 bridgehead atoms. The number of rotatable bonds is 17. The van der Waals surface area contributed by atoms with E-state index >= 15 is 0 Å². The molecule has 0 heterocycles. The first kappa shape index (κ1) is 30.5. The van der Waals surface area contributed by atoms with Crippen molar-refractivity contribution in [2.75, 3.05) is 17.8 Å². The van der Waals surface area contributed by atoms with Crippen molar-refractivity contribution < 1.29 is 44.1 Å². The minimum atomic E-state index is -1.37. The molecular formula is C18H30N4O9S2. The minimum Gasteiger partial charge on any atom is -0.481 e. The highest BCUT2D eigenvalue weighted by Gasteiger charge is 2.30. The highest BCUT2D eigenvalue weighted by atomic mass is 32.2. The van der Waals surface area contributed by atoms with Crippen LogP contribution in [0.4, 0.5) is 0 Å². The molecule has 0 aliphatic heterocycles. The normalized spacial score (nSPS) is 14.3. The van der Waals surface area contributed by atoms with Crippen LogP contribution in [0.5, 0.6) is 0 Å². The van der Waals surface area contributed by atoms with Gasteiger partial charge in [-0.05, 0) is 31.3 Å². The molecule has 0 radical (unpaired) electrons. The molecule has 0 saturated carbocycles.